The number of esters is 1. The molecule has 0 aliphatic heterocycles. The number of rotatable bonds is 3. The zero-order chi connectivity index (χ0) is 14.9. The Morgan fingerprint density at radius 2 is 2.10 bits per heavy atom. The normalized spacial score (nSPS) is 10.4. The van der Waals surface area contributed by atoms with Crippen LogP contribution in [0, 0.1) is 6.92 Å². The van der Waals surface area contributed by atoms with E-state index < -0.39 is 5.97 Å². The molecule has 2 rings (SSSR count). The van der Waals surface area contributed by atoms with Crippen LogP contribution in [-0.4, -0.2) is 29.7 Å². The molecule has 0 unspecified atom stereocenters. The van der Waals surface area contributed by atoms with Gasteiger partial charge >= 0.3 is 5.97 Å². The van der Waals surface area contributed by atoms with Crippen LogP contribution < -0.4 is 10.5 Å². The van der Waals surface area contributed by atoms with Crippen LogP contribution in [0.25, 0.3) is 5.69 Å². The lowest BCUT2D eigenvalue weighted by Gasteiger charge is -2.10. The van der Waals surface area contributed by atoms with Gasteiger partial charge in [0.05, 0.1) is 24.4 Å². The van der Waals surface area contributed by atoms with E-state index in [1.807, 2.05) is 12.1 Å². The fourth-order valence-electron chi connectivity index (χ4n) is 1.92. The molecule has 0 aliphatic carbocycles. The van der Waals surface area contributed by atoms with Crippen molar-refractivity contribution in [2.45, 2.75) is 6.92 Å². The van der Waals surface area contributed by atoms with Crippen molar-refractivity contribution in [3.05, 3.63) is 34.2 Å². The quantitative estimate of drug-likeness (QED) is 0.868. The van der Waals surface area contributed by atoms with Crippen molar-refractivity contribution in [2.24, 2.45) is 0 Å². The number of aromatic nitrogens is 2. The molecule has 0 amide bonds. The summed E-state index contributed by atoms with van der Waals surface area (Å²) in [5.41, 5.74) is 6.87. The summed E-state index contributed by atoms with van der Waals surface area (Å²) in [6.07, 6.45) is 0. The second-order valence-electron chi connectivity index (χ2n) is 4.04. The van der Waals surface area contributed by atoms with Gasteiger partial charge in [0, 0.05) is 0 Å². The molecule has 0 saturated heterocycles. The lowest BCUT2D eigenvalue weighted by atomic mass is 10.3. The molecule has 1 aromatic carbocycles. The Morgan fingerprint density at radius 3 is 2.65 bits per heavy atom. The number of aryl methyl sites for hydroxylation is 1. The fourth-order valence-corrected chi connectivity index (χ4v) is 2.45. The summed E-state index contributed by atoms with van der Waals surface area (Å²) in [4.78, 5) is 15.7. The number of hydrogen-bond acceptors (Lipinski definition) is 5. The van der Waals surface area contributed by atoms with Gasteiger partial charge in [-0.15, -0.1) is 0 Å². The molecule has 106 valence electrons. The topological polar surface area (TPSA) is 79.4 Å². The highest BCUT2D eigenvalue weighted by atomic mass is 79.9. The highest BCUT2D eigenvalue weighted by Crippen LogP contribution is 2.29. The lowest BCUT2D eigenvalue weighted by Crippen LogP contribution is -2.07. The molecule has 6 nitrogen and oxygen atoms in total. The maximum atomic E-state index is 11.6. The molecule has 0 fully saturated rings. The average molecular weight is 340 g/mol. The molecule has 7 heteroatoms. The number of nitrogens with two attached hydrogens (primary N) is 1. The van der Waals surface area contributed by atoms with Crippen LogP contribution >= 0.6 is 15.9 Å². The molecule has 0 spiro atoms. The van der Waals surface area contributed by atoms with Gasteiger partial charge in [-0.3, -0.25) is 4.57 Å². The van der Waals surface area contributed by atoms with Crippen LogP contribution in [-0.2, 0) is 4.74 Å². The van der Waals surface area contributed by atoms with E-state index in [2.05, 4.69) is 25.7 Å². The maximum absolute atomic E-state index is 11.6. The highest BCUT2D eigenvalue weighted by Gasteiger charge is 2.20. The Morgan fingerprint density at radius 1 is 1.40 bits per heavy atom. The Labute approximate surface area is 124 Å². The van der Waals surface area contributed by atoms with E-state index in [0.29, 0.717) is 11.6 Å². The minimum atomic E-state index is -0.558. The van der Waals surface area contributed by atoms with E-state index in [1.165, 1.54) is 7.11 Å². The summed E-state index contributed by atoms with van der Waals surface area (Å²) in [5, 5.41) is 0. The SMILES string of the molecule is COC(=O)c1nc(C)n(-c2ccc(OC)c(Br)c2)c1N. The zero-order valence-corrected chi connectivity index (χ0v) is 12.9. The third-order valence-electron chi connectivity index (χ3n) is 2.85. The third kappa shape index (κ3) is 2.36. The van der Waals surface area contributed by atoms with Gasteiger partial charge in [0.2, 0.25) is 0 Å². The van der Waals surface area contributed by atoms with Crippen molar-refractivity contribution in [3.8, 4) is 11.4 Å². The van der Waals surface area contributed by atoms with Crippen LogP contribution in [0.4, 0.5) is 5.82 Å². The van der Waals surface area contributed by atoms with Crippen molar-refractivity contribution in [2.75, 3.05) is 20.0 Å². The van der Waals surface area contributed by atoms with E-state index in [9.17, 15) is 4.79 Å². The van der Waals surface area contributed by atoms with E-state index in [4.69, 9.17) is 10.5 Å². The number of halogens is 1. The van der Waals surface area contributed by atoms with Crippen LogP contribution in [0.5, 0.6) is 5.75 Å². The van der Waals surface area contributed by atoms with Crippen molar-refractivity contribution < 1.29 is 14.3 Å². The molecule has 1 aromatic heterocycles. The maximum Gasteiger partial charge on any atom is 0.360 e. The minimum absolute atomic E-state index is 0.108. The first kappa shape index (κ1) is 14.4. The number of carbonyl (C=O) groups is 1. The molecule has 2 aromatic rings. The van der Waals surface area contributed by atoms with Gasteiger partial charge < -0.3 is 15.2 Å². The molecule has 0 atom stereocenters. The van der Waals surface area contributed by atoms with E-state index >= 15 is 0 Å². The first-order valence-corrected chi connectivity index (χ1v) is 6.56. The summed E-state index contributed by atoms with van der Waals surface area (Å²) in [6.45, 7) is 1.76. The number of benzene rings is 1. The molecule has 0 aliphatic rings. The smallest absolute Gasteiger partial charge is 0.360 e. The predicted molar refractivity (Wildman–Crippen MR) is 78.3 cm³/mol. The summed E-state index contributed by atoms with van der Waals surface area (Å²) in [5.74, 6) is 0.988. The number of methoxy groups -OCH3 is 2. The van der Waals surface area contributed by atoms with Gasteiger partial charge in [-0.25, -0.2) is 9.78 Å². The largest absolute Gasteiger partial charge is 0.496 e. The number of ether oxygens (including phenoxy) is 2. The number of carbonyl (C=O) groups excluding carboxylic acids is 1. The summed E-state index contributed by atoms with van der Waals surface area (Å²) in [6, 6.07) is 5.47. The summed E-state index contributed by atoms with van der Waals surface area (Å²) in [7, 11) is 2.88. The van der Waals surface area contributed by atoms with Crippen molar-refractivity contribution in [1.82, 2.24) is 9.55 Å². The molecular weight excluding hydrogens is 326 g/mol. The number of nitrogens with zero attached hydrogens (tertiary/aromatic N) is 2. The number of anilines is 1. The standard InChI is InChI=1S/C13H14BrN3O3/c1-7-16-11(13(18)20-3)12(15)17(7)8-4-5-10(19-2)9(14)6-8/h4-6H,15H2,1-3H3. The Balaban J connectivity index is 2.56. The predicted octanol–water partition coefficient (Wildman–Crippen LogP) is 2.32. The average Bonchev–Trinajstić information content (AvgIpc) is 2.73. The second-order valence-corrected chi connectivity index (χ2v) is 4.89. The zero-order valence-electron chi connectivity index (χ0n) is 11.3. The van der Waals surface area contributed by atoms with Crippen molar-refractivity contribution >= 4 is 27.7 Å². The molecule has 1 heterocycles. The van der Waals surface area contributed by atoms with Gasteiger partial charge in [0.1, 0.15) is 17.4 Å². The summed E-state index contributed by atoms with van der Waals surface area (Å²) < 4.78 is 12.3. The van der Waals surface area contributed by atoms with Gasteiger partial charge in [-0.1, -0.05) is 0 Å². The number of imidazole rings is 1. The molecular formula is C13H14BrN3O3. The third-order valence-corrected chi connectivity index (χ3v) is 3.47. The molecule has 20 heavy (non-hydrogen) atoms. The van der Waals surface area contributed by atoms with Crippen molar-refractivity contribution in [3.63, 3.8) is 0 Å². The monoisotopic (exact) mass is 339 g/mol. The Kier molecular flexibility index (Phi) is 3.99. The van der Waals surface area contributed by atoms with E-state index in [-0.39, 0.29) is 11.5 Å². The van der Waals surface area contributed by atoms with Crippen molar-refractivity contribution in [1.29, 1.82) is 0 Å². The fraction of sp³-hybridized carbons (Fsp3) is 0.231. The molecule has 0 radical (unpaired) electrons. The van der Waals surface area contributed by atoms with Crippen LogP contribution in [0.3, 0.4) is 0 Å². The first-order valence-electron chi connectivity index (χ1n) is 5.76. The lowest BCUT2D eigenvalue weighted by molar-refractivity contribution is 0.0596. The first-order chi connectivity index (χ1) is 9.49. The van der Waals surface area contributed by atoms with Gasteiger partial charge in [0.15, 0.2) is 5.69 Å². The summed E-state index contributed by atoms with van der Waals surface area (Å²) >= 11 is 3.41. The molecule has 0 saturated carbocycles. The van der Waals surface area contributed by atoms with E-state index in [1.54, 1.807) is 24.7 Å². The highest BCUT2D eigenvalue weighted by molar-refractivity contribution is 9.10. The van der Waals surface area contributed by atoms with Gasteiger partial charge in [-0.05, 0) is 41.1 Å². The molecule has 2 N–H and O–H groups in total. The second kappa shape index (κ2) is 5.54. The van der Waals surface area contributed by atoms with Gasteiger partial charge in [0.25, 0.3) is 0 Å². The number of nitrogen functional groups attached to an aromatic ring is 1. The van der Waals surface area contributed by atoms with E-state index in [0.717, 1.165) is 10.2 Å². The van der Waals surface area contributed by atoms with Crippen LogP contribution in [0.2, 0.25) is 0 Å². The number of hydrogen-bond donors (Lipinski definition) is 1. The Bertz CT molecular complexity index is 667. The minimum Gasteiger partial charge on any atom is -0.496 e. The Hall–Kier alpha value is -2.02. The van der Waals surface area contributed by atoms with Crippen LogP contribution in [0.1, 0.15) is 16.3 Å². The van der Waals surface area contributed by atoms with Crippen LogP contribution in [0.15, 0.2) is 22.7 Å². The molecule has 0 bridgehead atoms. The van der Waals surface area contributed by atoms with Gasteiger partial charge in [-0.2, -0.15) is 0 Å².